The lowest BCUT2D eigenvalue weighted by Gasteiger charge is -2.33. The van der Waals surface area contributed by atoms with Crippen LogP contribution in [0.5, 0.6) is 11.5 Å². The highest BCUT2D eigenvalue weighted by Gasteiger charge is 2.31. The summed E-state index contributed by atoms with van der Waals surface area (Å²) < 4.78 is 23.9. The summed E-state index contributed by atoms with van der Waals surface area (Å²) >= 11 is 7.20. The molecule has 29 heavy (non-hydrogen) atoms. The Morgan fingerprint density at radius 1 is 1.10 bits per heavy atom. The molecule has 7 heteroatoms. The van der Waals surface area contributed by atoms with E-state index in [1.165, 1.54) is 6.92 Å². The lowest BCUT2D eigenvalue weighted by atomic mass is 9.95. The van der Waals surface area contributed by atoms with Gasteiger partial charge >= 0.3 is 5.97 Å². The molecule has 0 saturated carbocycles. The van der Waals surface area contributed by atoms with Crippen LogP contribution in [0, 0.1) is 0 Å². The molecule has 4 rings (SSSR count). The van der Waals surface area contributed by atoms with Crippen LogP contribution in [0.4, 0.5) is 0 Å². The smallest absolute Gasteiger partial charge is 0.302 e. The monoisotopic (exact) mass is 524 g/mol. The van der Waals surface area contributed by atoms with Gasteiger partial charge in [-0.05, 0) is 41.3 Å². The van der Waals surface area contributed by atoms with E-state index in [0.29, 0.717) is 26.1 Å². The maximum atomic E-state index is 11.4. The van der Waals surface area contributed by atoms with Crippen molar-refractivity contribution in [3.8, 4) is 11.5 Å². The number of carbonyl (C=O) groups is 1. The SMILES string of the molecule is CC(=O)O[C@H]1CC(Br)O[C@@H](c2ccc(Br)c(Cc3ccc4c(c3)OCCO4)c2)C1. The van der Waals surface area contributed by atoms with E-state index < -0.39 is 0 Å². The van der Waals surface area contributed by atoms with Crippen molar-refractivity contribution >= 4 is 37.8 Å². The molecular formula is C22H22Br2O5. The molecule has 0 amide bonds. The molecule has 154 valence electrons. The molecule has 0 N–H and O–H groups in total. The zero-order valence-electron chi connectivity index (χ0n) is 16.0. The summed E-state index contributed by atoms with van der Waals surface area (Å²) in [5.74, 6) is 1.33. The fraction of sp³-hybridized carbons (Fsp3) is 0.409. The number of rotatable bonds is 4. The van der Waals surface area contributed by atoms with Crippen LogP contribution >= 0.6 is 31.9 Å². The number of ether oxygens (including phenoxy) is 4. The average Bonchev–Trinajstić information content (AvgIpc) is 2.68. The third-order valence-corrected chi connectivity index (χ3v) is 6.38. The van der Waals surface area contributed by atoms with Crippen molar-refractivity contribution in [3.63, 3.8) is 0 Å². The Morgan fingerprint density at radius 3 is 2.69 bits per heavy atom. The van der Waals surface area contributed by atoms with Crippen LogP contribution in [0.2, 0.25) is 0 Å². The number of benzene rings is 2. The highest BCUT2D eigenvalue weighted by molar-refractivity contribution is 9.10. The molecule has 1 fully saturated rings. The highest BCUT2D eigenvalue weighted by Crippen LogP contribution is 2.37. The normalized spacial score (nSPS) is 23.5. The van der Waals surface area contributed by atoms with Gasteiger partial charge in [0.15, 0.2) is 11.5 Å². The topological polar surface area (TPSA) is 54.0 Å². The Morgan fingerprint density at radius 2 is 1.90 bits per heavy atom. The summed E-state index contributed by atoms with van der Waals surface area (Å²) in [6, 6.07) is 12.3. The van der Waals surface area contributed by atoms with Gasteiger partial charge in [0, 0.05) is 24.2 Å². The van der Waals surface area contributed by atoms with Gasteiger partial charge in [-0.25, -0.2) is 0 Å². The molecule has 0 aromatic heterocycles. The van der Waals surface area contributed by atoms with Gasteiger partial charge in [0.2, 0.25) is 0 Å². The zero-order chi connectivity index (χ0) is 20.4. The van der Waals surface area contributed by atoms with E-state index in [0.717, 1.165) is 39.1 Å². The number of hydrogen-bond acceptors (Lipinski definition) is 5. The molecule has 1 saturated heterocycles. The molecule has 1 unspecified atom stereocenters. The first-order chi connectivity index (χ1) is 14.0. The second-order valence-corrected chi connectivity index (χ2v) is 9.12. The second-order valence-electron chi connectivity index (χ2n) is 7.24. The Hall–Kier alpha value is -1.57. The molecule has 2 aliphatic heterocycles. The molecule has 0 spiro atoms. The van der Waals surface area contributed by atoms with Crippen molar-refractivity contribution in [2.45, 2.75) is 43.4 Å². The van der Waals surface area contributed by atoms with Gasteiger partial charge in [-0.3, -0.25) is 4.79 Å². The summed E-state index contributed by atoms with van der Waals surface area (Å²) in [4.78, 5) is 11.4. The first-order valence-corrected chi connectivity index (χ1v) is 11.3. The lowest BCUT2D eigenvalue weighted by molar-refractivity contribution is -0.154. The van der Waals surface area contributed by atoms with E-state index >= 15 is 0 Å². The summed E-state index contributed by atoms with van der Waals surface area (Å²) in [5, 5.41) is -0.143. The van der Waals surface area contributed by atoms with Gasteiger partial charge in [0.25, 0.3) is 0 Å². The first kappa shape index (κ1) is 20.7. The number of carbonyl (C=O) groups excluding carboxylic acids is 1. The number of alkyl halides is 1. The van der Waals surface area contributed by atoms with Gasteiger partial charge in [-0.1, -0.05) is 50.1 Å². The predicted molar refractivity (Wildman–Crippen MR) is 116 cm³/mol. The van der Waals surface area contributed by atoms with Crippen LogP contribution in [0.25, 0.3) is 0 Å². The van der Waals surface area contributed by atoms with Crippen LogP contribution in [0.15, 0.2) is 40.9 Å². The Bertz CT molecular complexity index is 901. The van der Waals surface area contributed by atoms with E-state index in [-0.39, 0.29) is 23.2 Å². The molecule has 3 atom stereocenters. The van der Waals surface area contributed by atoms with Gasteiger partial charge in [0.05, 0.1) is 6.10 Å². The zero-order valence-corrected chi connectivity index (χ0v) is 19.2. The Kier molecular flexibility index (Phi) is 6.47. The fourth-order valence-corrected chi connectivity index (χ4v) is 4.79. The Labute approximate surface area is 186 Å². The van der Waals surface area contributed by atoms with Gasteiger partial charge in [-0.2, -0.15) is 0 Å². The van der Waals surface area contributed by atoms with Crippen LogP contribution < -0.4 is 9.47 Å². The molecule has 0 bridgehead atoms. The molecule has 2 aromatic rings. The van der Waals surface area contributed by atoms with Crippen molar-refractivity contribution in [2.24, 2.45) is 0 Å². The van der Waals surface area contributed by atoms with Crippen LogP contribution in [0.3, 0.4) is 0 Å². The summed E-state index contributed by atoms with van der Waals surface area (Å²) in [6.07, 6.45) is 1.76. The fourth-order valence-electron chi connectivity index (χ4n) is 3.72. The van der Waals surface area contributed by atoms with Crippen LogP contribution in [-0.2, 0) is 20.7 Å². The highest BCUT2D eigenvalue weighted by atomic mass is 79.9. The number of halogens is 2. The third-order valence-electron chi connectivity index (χ3n) is 5.01. The third kappa shape index (κ3) is 5.13. The largest absolute Gasteiger partial charge is 0.486 e. The summed E-state index contributed by atoms with van der Waals surface area (Å²) in [5.41, 5.74) is 3.37. The van der Waals surface area contributed by atoms with Crippen molar-refractivity contribution in [2.75, 3.05) is 13.2 Å². The maximum absolute atomic E-state index is 11.4. The van der Waals surface area contributed by atoms with Crippen molar-refractivity contribution in [1.29, 1.82) is 0 Å². The maximum Gasteiger partial charge on any atom is 0.302 e. The number of esters is 1. The summed E-state index contributed by atoms with van der Waals surface area (Å²) in [7, 11) is 0. The van der Waals surface area contributed by atoms with E-state index in [4.69, 9.17) is 18.9 Å². The van der Waals surface area contributed by atoms with E-state index in [1.54, 1.807) is 0 Å². The second kappa shape index (κ2) is 9.06. The van der Waals surface area contributed by atoms with Crippen molar-refractivity contribution in [1.82, 2.24) is 0 Å². The Balaban J connectivity index is 1.53. The average molecular weight is 526 g/mol. The van der Waals surface area contributed by atoms with Crippen molar-refractivity contribution < 1.29 is 23.7 Å². The number of fused-ring (bicyclic) bond motifs is 1. The minimum Gasteiger partial charge on any atom is -0.486 e. The van der Waals surface area contributed by atoms with Gasteiger partial charge in [0.1, 0.15) is 24.3 Å². The molecule has 0 radical (unpaired) electrons. The van der Waals surface area contributed by atoms with Gasteiger partial charge in [-0.15, -0.1) is 0 Å². The minimum absolute atomic E-state index is 0.135. The standard InChI is InChI=1S/C22H22Br2O5/c1-13(25)28-17-11-20(29-22(24)12-17)15-3-4-18(23)16(10-15)8-14-2-5-19-21(9-14)27-7-6-26-19/h2-5,9-10,17,20,22H,6-8,11-12H2,1H3/t17-,20-,22?/m1/s1. The predicted octanol–water partition coefficient (Wildman–Crippen LogP) is 5.32. The van der Waals surface area contributed by atoms with Gasteiger partial charge < -0.3 is 18.9 Å². The number of hydrogen-bond donors (Lipinski definition) is 0. The quantitative estimate of drug-likeness (QED) is 0.399. The molecule has 5 nitrogen and oxygen atoms in total. The first-order valence-electron chi connectivity index (χ1n) is 9.61. The lowest BCUT2D eigenvalue weighted by Crippen LogP contribution is -2.31. The molecule has 2 aromatic carbocycles. The van der Waals surface area contributed by atoms with Crippen LogP contribution in [-0.4, -0.2) is 30.3 Å². The molecule has 2 heterocycles. The van der Waals surface area contributed by atoms with Crippen molar-refractivity contribution in [3.05, 3.63) is 57.6 Å². The molecule has 0 aliphatic carbocycles. The van der Waals surface area contributed by atoms with E-state index in [9.17, 15) is 4.79 Å². The molecular weight excluding hydrogens is 504 g/mol. The minimum atomic E-state index is -0.259. The van der Waals surface area contributed by atoms with E-state index in [2.05, 4.69) is 50.1 Å². The summed E-state index contributed by atoms with van der Waals surface area (Å²) in [6.45, 7) is 2.61. The van der Waals surface area contributed by atoms with E-state index in [1.807, 2.05) is 18.2 Å². The van der Waals surface area contributed by atoms with Crippen LogP contribution in [0.1, 0.15) is 42.6 Å². The molecule has 2 aliphatic rings.